The number of halogens is 1. The smallest absolute Gasteiger partial charge is 0.221 e. The Kier molecular flexibility index (Phi) is 9.21. The number of amides is 1. The number of hydrogen-bond donors (Lipinski definition) is 2. The third-order valence-electron chi connectivity index (χ3n) is 3.45. The quantitative estimate of drug-likeness (QED) is 0.780. The highest BCUT2D eigenvalue weighted by Gasteiger charge is 2.16. The van der Waals surface area contributed by atoms with Crippen LogP contribution in [0.5, 0.6) is 11.5 Å². The first-order valence-electron chi connectivity index (χ1n) is 7.60. The van der Waals surface area contributed by atoms with Crippen LogP contribution in [0.4, 0.5) is 0 Å². The average Bonchev–Trinajstić information content (AvgIpc) is 2.55. The molecule has 7 heteroatoms. The zero-order valence-electron chi connectivity index (χ0n) is 13.6. The van der Waals surface area contributed by atoms with E-state index in [-0.39, 0.29) is 24.4 Å². The van der Waals surface area contributed by atoms with Crippen LogP contribution < -0.4 is 20.1 Å². The van der Waals surface area contributed by atoms with E-state index in [2.05, 4.69) is 10.6 Å². The summed E-state index contributed by atoms with van der Waals surface area (Å²) in [5, 5.41) is 6.33. The molecule has 0 spiro atoms. The lowest BCUT2D eigenvalue weighted by Gasteiger charge is -2.22. The van der Waals surface area contributed by atoms with Gasteiger partial charge in [0.1, 0.15) is 0 Å². The molecule has 1 amide bonds. The minimum absolute atomic E-state index is 0. The molecule has 5 nitrogen and oxygen atoms in total. The molecule has 0 aliphatic carbocycles. The first-order valence-corrected chi connectivity index (χ1v) is 8.76. The second-order valence-electron chi connectivity index (χ2n) is 5.13. The molecule has 0 radical (unpaired) electrons. The molecule has 1 heterocycles. The second-order valence-corrected chi connectivity index (χ2v) is 6.27. The van der Waals surface area contributed by atoms with Crippen molar-refractivity contribution in [1.82, 2.24) is 10.6 Å². The van der Waals surface area contributed by atoms with Crippen molar-refractivity contribution in [2.75, 3.05) is 31.8 Å². The van der Waals surface area contributed by atoms with E-state index in [1.54, 1.807) is 7.11 Å². The fraction of sp³-hybridized carbons (Fsp3) is 0.562. The molecule has 2 N–H and O–H groups in total. The van der Waals surface area contributed by atoms with E-state index in [0.717, 1.165) is 29.4 Å². The first-order chi connectivity index (χ1) is 10.7. The molecule has 0 aromatic heterocycles. The van der Waals surface area contributed by atoms with Gasteiger partial charge in [0.25, 0.3) is 0 Å². The minimum atomic E-state index is 0. The number of methoxy groups -OCH3 is 1. The lowest BCUT2D eigenvalue weighted by atomic mass is 10.2. The van der Waals surface area contributed by atoms with E-state index in [4.69, 9.17) is 9.47 Å². The van der Waals surface area contributed by atoms with Crippen molar-refractivity contribution in [3.63, 3.8) is 0 Å². The van der Waals surface area contributed by atoms with Gasteiger partial charge in [-0.2, -0.15) is 11.8 Å². The zero-order chi connectivity index (χ0) is 15.8. The molecular formula is C16H25ClN2O3S. The Morgan fingerprint density at radius 3 is 2.91 bits per heavy atom. The van der Waals surface area contributed by atoms with Gasteiger partial charge in [-0.1, -0.05) is 6.07 Å². The molecule has 0 bridgehead atoms. The van der Waals surface area contributed by atoms with Gasteiger partial charge in [0.2, 0.25) is 5.91 Å². The predicted octanol–water partition coefficient (Wildman–Crippen LogP) is 2.23. The van der Waals surface area contributed by atoms with E-state index in [1.165, 1.54) is 0 Å². The maximum Gasteiger partial charge on any atom is 0.221 e. The fourth-order valence-electron chi connectivity index (χ4n) is 2.34. The Hall–Kier alpha value is -1.11. The Bertz CT molecular complexity index is 496. The van der Waals surface area contributed by atoms with Crippen molar-refractivity contribution < 1.29 is 14.3 Å². The van der Waals surface area contributed by atoms with Crippen LogP contribution in [0.15, 0.2) is 18.2 Å². The largest absolute Gasteiger partial charge is 0.493 e. The summed E-state index contributed by atoms with van der Waals surface area (Å²) in [6.07, 6.45) is 0.529. The van der Waals surface area contributed by atoms with Gasteiger partial charge in [-0.25, -0.2) is 0 Å². The van der Waals surface area contributed by atoms with Gasteiger partial charge >= 0.3 is 0 Å². The molecular weight excluding hydrogens is 336 g/mol. The van der Waals surface area contributed by atoms with Gasteiger partial charge < -0.3 is 20.1 Å². The van der Waals surface area contributed by atoms with Gasteiger partial charge in [-0.15, -0.1) is 12.4 Å². The molecule has 1 atom stereocenters. The van der Waals surface area contributed by atoms with Crippen molar-refractivity contribution >= 4 is 30.1 Å². The van der Waals surface area contributed by atoms with E-state index < -0.39 is 0 Å². The molecule has 1 aromatic rings. The van der Waals surface area contributed by atoms with Crippen LogP contribution in [0.3, 0.4) is 0 Å². The summed E-state index contributed by atoms with van der Waals surface area (Å²) in [6.45, 7) is 4.02. The normalized spacial score (nSPS) is 17.0. The SMILES string of the molecule is CCOc1ccc(CNC(=O)CC2CSCCN2)cc1OC.Cl. The minimum Gasteiger partial charge on any atom is -0.493 e. The number of carbonyl (C=O) groups is 1. The van der Waals surface area contributed by atoms with E-state index in [0.29, 0.717) is 25.3 Å². The second kappa shape index (κ2) is 10.6. The van der Waals surface area contributed by atoms with E-state index >= 15 is 0 Å². The van der Waals surface area contributed by atoms with E-state index in [9.17, 15) is 4.79 Å². The summed E-state index contributed by atoms with van der Waals surface area (Å²) in [4.78, 5) is 12.0. The third-order valence-corrected chi connectivity index (χ3v) is 4.58. The molecule has 23 heavy (non-hydrogen) atoms. The first kappa shape index (κ1) is 19.9. The van der Waals surface area contributed by atoms with Crippen molar-refractivity contribution in [2.45, 2.75) is 25.9 Å². The fourth-order valence-corrected chi connectivity index (χ4v) is 3.29. The molecule has 130 valence electrons. The Balaban J connectivity index is 0.00000264. The highest BCUT2D eigenvalue weighted by molar-refractivity contribution is 7.99. The maximum absolute atomic E-state index is 12.0. The predicted molar refractivity (Wildman–Crippen MR) is 97.0 cm³/mol. The number of thioether (sulfide) groups is 1. The summed E-state index contributed by atoms with van der Waals surface area (Å²) >= 11 is 1.90. The van der Waals surface area contributed by atoms with Gasteiger partial charge in [0.05, 0.1) is 13.7 Å². The number of rotatable bonds is 7. The molecule has 1 aliphatic heterocycles. The summed E-state index contributed by atoms with van der Waals surface area (Å²) in [6, 6.07) is 6.01. The average molecular weight is 361 g/mol. The van der Waals surface area contributed by atoms with Crippen molar-refractivity contribution in [1.29, 1.82) is 0 Å². The number of ether oxygens (including phenoxy) is 2. The summed E-state index contributed by atoms with van der Waals surface area (Å²) in [5.74, 6) is 3.63. The Labute approximate surface area is 148 Å². The summed E-state index contributed by atoms with van der Waals surface area (Å²) < 4.78 is 10.8. The highest BCUT2D eigenvalue weighted by atomic mass is 35.5. The number of carbonyl (C=O) groups excluding carboxylic acids is 1. The summed E-state index contributed by atoms with van der Waals surface area (Å²) in [5.41, 5.74) is 1.000. The molecule has 1 saturated heterocycles. The third kappa shape index (κ3) is 6.49. The van der Waals surface area contributed by atoms with Crippen LogP contribution in [-0.4, -0.2) is 43.7 Å². The lowest BCUT2D eigenvalue weighted by Crippen LogP contribution is -2.41. The van der Waals surface area contributed by atoms with Gasteiger partial charge in [0.15, 0.2) is 11.5 Å². The topological polar surface area (TPSA) is 59.6 Å². The highest BCUT2D eigenvalue weighted by Crippen LogP contribution is 2.27. The van der Waals surface area contributed by atoms with Gasteiger partial charge in [0, 0.05) is 37.1 Å². The molecule has 1 fully saturated rings. The Morgan fingerprint density at radius 2 is 2.26 bits per heavy atom. The molecule has 2 rings (SSSR count). The van der Waals surface area contributed by atoms with Crippen LogP contribution in [0.25, 0.3) is 0 Å². The van der Waals surface area contributed by atoms with Crippen LogP contribution in [0, 0.1) is 0 Å². The number of nitrogens with one attached hydrogen (secondary N) is 2. The Morgan fingerprint density at radius 1 is 1.43 bits per heavy atom. The molecule has 1 aromatic carbocycles. The van der Waals surface area contributed by atoms with Crippen LogP contribution >= 0.6 is 24.2 Å². The lowest BCUT2D eigenvalue weighted by molar-refractivity contribution is -0.121. The van der Waals surface area contributed by atoms with Crippen molar-refractivity contribution in [3.8, 4) is 11.5 Å². The molecule has 0 saturated carbocycles. The molecule has 1 aliphatic rings. The van der Waals surface area contributed by atoms with Gasteiger partial charge in [-0.3, -0.25) is 4.79 Å². The van der Waals surface area contributed by atoms with Crippen molar-refractivity contribution in [2.24, 2.45) is 0 Å². The van der Waals surface area contributed by atoms with Crippen LogP contribution in [0.2, 0.25) is 0 Å². The van der Waals surface area contributed by atoms with Crippen molar-refractivity contribution in [3.05, 3.63) is 23.8 Å². The monoisotopic (exact) mass is 360 g/mol. The molecule has 1 unspecified atom stereocenters. The zero-order valence-corrected chi connectivity index (χ0v) is 15.2. The van der Waals surface area contributed by atoms with Crippen LogP contribution in [0.1, 0.15) is 18.9 Å². The summed E-state index contributed by atoms with van der Waals surface area (Å²) in [7, 11) is 1.62. The van der Waals surface area contributed by atoms with Crippen LogP contribution in [-0.2, 0) is 11.3 Å². The maximum atomic E-state index is 12.0. The standard InChI is InChI=1S/C16H24N2O3S.ClH/c1-3-21-14-5-4-12(8-15(14)20-2)10-18-16(19)9-13-11-22-7-6-17-13;/h4-5,8,13,17H,3,6-7,9-11H2,1-2H3,(H,18,19);1H. The number of benzene rings is 1. The van der Waals surface area contributed by atoms with Gasteiger partial charge in [-0.05, 0) is 24.6 Å². The number of hydrogen-bond acceptors (Lipinski definition) is 5. The van der Waals surface area contributed by atoms with E-state index in [1.807, 2.05) is 36.9 Å².